The van der Waals surface area contributed by atoms with Gasteiger partial charge < -0.3 is 10.6 Å². The van der Waals surface area contributed by atoms with Gasteiger partial charge in [-0.05, 0) is 80.0 Å². The maximum absolute atomic E-state index is 13.2. The first-order valence-corrected chi connectivity index (χ1v) is 13.3. The van der Waals surface area contributed by atoms with Gasteiger partial charge in [0.05, 0.1) is 4.90 Å². The number of urea groups is 1. The van der Waals surface area contributed by atoms with Gasteiger partial charge in [0.15, 0.2) is 0 Å². The Morgan fingerprint density at radius 1 is 1.00 bits per heavy atom. The van der Waals surface area contributed by atoms with Gasteiger partial charge in [0.25, 0.3) is 5.91 Å². The first-order valence-electron chi connectivity index (χ1n) is 11.8. The highest BCUT2D eigenvalue weighted by molar-refractivity contribution is 7.89. The van der Waals surface area contributed by atoms with Gasteiger partial charge >= 0.3 is 6.03 Å². The molecule has 2 aromatic rings. The van der Waals surface area contributed by atoms with Gasteiger partial charge in [-0.2, -0.15) is 4.31 Å². The molecule has 0 bridgehead atoms. The van der Waals surface area contributed by atoms with Gasteiger partial charge in [-0.3, -0.25) is 14.5 Å². The van der Waals surface area contributed by atoms with Crippen LogP contribution in [0.2, 0.25) is 0 Å². The minimum absolute atomic E-state index is 0.164. The number of carbonyl (C=O) groups is 3. The van der Waals surface area contributed by atoms with Crippen LogP contribution in [0.25, 0.3) is 0 Å². The van der Waals surface area contributed by atoms with E-state index in [4.69, 9.17) is 0 Å². The van der Waals surface area contributed by atoms with Crippen molar-refractivity contribution in [3.8, 4) is 0 Å². The topological polar surface area (TPSA) is 116 Å². The highest BCUT2D eigenvalue weighted by atomic mass is 32.2. The van der Waals surface area contributed by atoms with E-state index < -0.39 is 40.0 Å². The average molecular weight is 497 g/mol. The molecule has 1 aliphatic carbocycles. The predicted molar refractivity (Wildman–Crippen MR) is 129 cm³/mol. The third kappa shape index (κ3) is 4.21. The molecule has 0 aromatic heterocycles. The Labute approximate surface area is 204 Å². The summed E-state index contributed by atoms with van der Waals surface area (Å²) in [6, 6.07) is 11.1. The van der Waals surface area contributed by atoms with Gasteiger partial charge in [0.2, 0.25) is 15.9 Å². The SMILES string of the molecule is CC1(c2ccc3c(c2)CCC3)NC(=O)N(CC(=O)Nc2ccc(S(=O)(=O)N3CCCC3)cc2)C1=O. The number of fused-ring (bicyclic) bond motifs is 1. The van der Waals surface area contributed by atoms with Gasteiger partial charge in [0, 0.05) is 18.8 Å². The molecule has 2 N–H and O–H groups in total. The van der Waals surface area contributed by atoms with Crippen molar-refractivity contribution in [1.82, 2.24) is 14.5 Å². The third-order valence-corrected chi connectivity index (χ3v) is 9.01. The largest absolute Gasteiger partial charge is 0.325 e. The van der Waals surface area contributed by atoms with Crippen LogP contribution in [0.3, 0.4) is 0 Å². The quantitative estimate of drug-likeness (QED) is 0.596. The molecule has 0 spiro atoms. The maximum atomic E-state index is 13.2. The molecule has 1 unspecified atom stereocenters. The molecule has 2 aliphatic heterocycles. The van der Waals surface area contributed by atoms with Crippen molar-refractivity contribution in [3.63, 3.8) is 0 Å². The smallest absolute Gasteiger partial charge is 0.325 e. The molecule has 9 nitrogen and oxygen atoms in total. The highest BCUT2D eigenvalue weighted by Crippen LogP contribution is 2.32. The first-order chi connectivity index (χ1) is 16.7. The van der Waals surface area contributed by atoms with Crippen LogP contribution in [0, 0.1) is 0 Å². The molecule has 3 aliphatic rings. The normalized spacial score (nSPS) is 22.4. The van der Waals surface area contributed by atoms with E-state index in [1.165, 1.54) is 39.7 Å². The fraction of sp³-hybridized carbons (Fsp3) is 0.400. The molecule has 0 radical (unpaired) electrons. The fourth-order valence-electron chi connectivity index (χ4n) is 5.05. The maximum Gasteiger partial charge on any atom is 0.325 e. The zero-order valence-electron chi connectivity index (χ0n) is 19.5. The second kappa shape index (κ2) is 8.76. The minimum Gasteiger partial charge on any atom is -0.325 e. The number of benzene rings is 2. The molecule has 4 amide bonds. The second-order valence-electron chi connectivity index (χ2n) is 9.47. The van der Waals surface area contributed by atoms with Crippen molar-refractivity contribution in [1.29, 1.82) is 0 Å². The Balaban J connectivity index is 1.25. The molecule has 184 valence electrons. The van der Waals surface area contributed by atoms with Crippen LogP contribution in [0.5, 0.6) is 0 Å². The lowest BCUT2D eigenvalue weighted by Crippen LogP contribution is -2.42. The standard InChI is InChI=1S/C25H28N4O5S/c1-25(19-8-7-17-5-4-6-18(17)15-19)23(31)29(24(32)27-25)16-22(30)26-20-9-11-21(12-10-20)35(33,34)28-13-2-3-14-28/h7-12,15H,2-6,13-14,16H2,1H3,(H,26,30)(H,27,32). The summed E-state index contributed by atoms with van der Waals surface area (Å²) in [7, 11) is -3.55. The molecular formula is C25H28N4O5S. The Bertz CT molecular complexity index is 1300. The van der Waals surface area contributed by atoms with Crippen molar-refractivity contribution < 1.29 is 22.8 Å². The van der Waals surface area contributed by atoms with Crippen molar-refractivity contribution in [2.45, 2.75) is 49.5 Å². The Morgan fingerprint density at radius 2 is 1.69 bits per heavy atom. The van der Waals surface area contributed by atoms with Crippen molar-refractivity contribution in [3.05, 3.63) is 59.2 Å². The Kier molecular flexibility index (Phi) is 5.88. The molecule has 2 fully saturated rings. The Morgan fingerprint density at radius 3 is 2.40 bits per heavy atom. The highest BCUT2D eigenvalue weighted by Gasteiger charge is 2.49. The third-order valence-electron chi connectivity index (χ3n) is 7.09. The molecule has 1 atom stereocenters. The van der Waals surface area contributed by atoms with E-state index in [0.29, 0.717) is 24.3 Å². The van der Waals surface area contributed by atoms with Crippen LogP contribution in [0.15, 0.2) is 47.4 Å². The summed E-state index contributed by atoms with van der Waals surface area (Å²) in [6.07, 6.45) is 4.74. The summed E-state index contributed by atoms with van der Waals surface area (Å²) in [5.74, 6) is -1.04. The summed E-state index contributed by atoms with van der Waals surface area (Å²) < 4.78 is 26.8. The zero-order chi connectivity index (χ0) is 24.8. The van der Waals surface area contributed by atoms with Crippen LogP contribution < -0.4 is 10.6 Å². The average Bonchev–Trinajstić information content (AvgIpc) is 3.57. The number of hydrogen-bond acceptors (Lipinski definition) is 5. The monoisotopic (exact) mass is 496 g/mol. The summed E-state index contributed by atoms with van der Waals surface area (Å²) in [5, 5.41) is 5.38. The van der Waals surface area contributed by atoms with Crippen LogP contribution in [0.1, 0.15) is 42.9 Å². The number of imide groups is 1. The van der Waals surface area contributed by atoms with Gasteiger partial charge in [-0.1, -0.05) is 18.2 Å². The minimum atomic E-state index is -3.55. The number of anilines is 1. The second-order valence-corrected chi connectivity index (χ2v) is 11.4. The van der Waals surface area contributed by atoms with E-state index >= 15 is 0 Å². The van der Waals surface area contributed by atoms with Crippen LogP contribution in [0.4, 0.5) is 10.5 Å². The number of rotatable bonds is 6. The van der Waals surface area contributed by atoms with Crippen molar-refractivity contribution >= 4 is 33.6 Å². The lowest BCUT2D eigenvalue weighted by atomic mass is 9.89. The molecule has 2 aromatic carbocycles. The van der Waals surface area contributed by atoms with Crippen molar-refractivity contribution in [2.24, 2.45) is 0 Å². The summed E-state index contributed by atoms with van der Waals surface area (Å²) in [4.78, 5) is 39.5. The van der Waals surface area contributed by atoms with Gasteiger partial charge in [-0.25, -0.2) is 13.2 Å². The van der Waals surface area contributed by atoms with E-state index in [2.05, 4.69) is 10.6 Å². The number of amides is 4. The number of nitrogens with one attached hydrogen (secondary N) is 2. The summed E-state index contributed by atoms with van der Waals surface area (Å²) in [6.45, 7) is 2.23. The van der Waals surface area contributed by atoms with E-state index in [1.807, 2.05) is 18.2 Å². The van der Waals surface area contributed by atoms with Crippen molar-refractivity contribution in [2.75, 3.05) is 25.0 Å². The number of carbonyl (C=O) groups excluding carboxylic acids is 3. The predicted octanol–water partition coefficient (Wildman–Crippen LogP) is 2.37. The lowest BCUT2D eigenvalue weighted by molar-refractivity contribution is -0.133. The first kappa shape index (κ1) is 23.5. The summed E-state index contributed by atoms with van der Waals surface area (Å²) >= 11 is 0. The van der Waals surface area contributed by atoms with Crippen LogP contribution in [-0.2, 0) is 38.0 Å². The van der Waals surface area contributed by atoms with Crippen LogP contribution >= 0.6 is 0 Å². The lowest BCUT2D eigenvalue weighted by Gasteiger charge is -2.23. The Hall–Kier alpha value is -3.24. The molecule has 5 rings (SSSR count). The number of hydrogen-bond donors (Lipinski definition) is 2. The molecule has 0 saturated carbocycles. The molecule has 35 heavy (non-hydrogen) atoms. The van der Waals surface area contributed by atoms with Gasteiger partial charge in [-0.15, -0.1) is 0 Å². The molecular weight excluding hydrogens is 468 g/mol. The van der Waals surface area contributed by atoms with Gasteiger partial charge in [0.1, 0.15) is 12.1 Å². The number of aryl methyl sites for hydroxylation is 2. The van der Waals surface area contributed by atoms with Crippen LogP contribution in [-0.4, -0.2) is 55.1 Å². The number of sulfonamides is 1. The molecule has 2 heterocycles. The van der Waals surface area contributed by atoms with E-state index in [-0.39, 0.29) is 4.90 Å². The zero-order valence-corrected chi connectivity index (χ0v) is 20.4. The fourth-order valence-corrected chi connectivity index (χ4v) is 6.57. The van der Waals surface area contributed by atoms with E-state index in [0.717, 1.165) is 37.0 Å². The molecule has 2 saturated heterocycles. The number of nitrogens with zero attached hydrogens (tertiary/aromatic N) is 2. The summed E-state index contributed by atoms with van der Waals surface area (Å²) in [5.41, 5.74) is 2.31. The van der Waals surface area contributed by atoms with E-state index in [1.54, 1.807) is 6.92 Å². The van der Waals surface area contributed by atoms with E-state index in [9.17, 15) is 22.8 Å². The molecule has 10 heteroatoms.